The van der Waals surface area contributed by atoms with Crippen molar-refractivity contribution in [1.82, 2.24) is 4.98 Å². The first-order valence-electron chi connectivity index (χ1n) is 7.71. The van der Waals surface area contributed by atoms with Crippen molar-refractivity contribution in [2.75, 3.05) is 0 Å². The number of hydrogen-bond donors (Lipinski definition) is 2. The van der Waals surface area contributed by atoms with Gasteiger partial charge in [0, 0.05) is 11.6 Å². The Labute approximate surface area is 119 Å². The Morgan fingerprint density at radius 3 is 2.60 bits per heavy atom. The lowest BCUT2D eigenvalue weighted by molar-refractivity contribution is 0.668. The van der Waals surface area contributed by atoms with Crippen molar-refractivity contribution >= 4 is 5.71 Å². The Morgan fingerprint density at radius 2 is 1.75 bits per heavy atom. The average molecular weight is 264 g/mol. The van der Waals surface area contributed by atoms with Crippen LogP contribution in [-0.2, 0) is 19.3 Å². The fraction of sp³-hybridized carbons (Fsp3) is 0.389. The molecular weight excluding hydrogens is 244 g/mol. The molecule has 2 heteroatoms. The molecule has 1 aromatic heterocycles. The van der Waals surface area contributed by atoms with Gasteiger partial charge in [0.15, 0.2) is 0 Å². The van der Waals surface area contributed by atoms with E-state index in [4.69, 9.17) is 5.41 Å². The summed E-state index contributed by atoms with van der Waals surface area (Å²) in [5, 5.41) is 8.61. The molecule has 20 heavy (non-hydrogen) atoms. The molecule has 0 aliphatic heterocycles. The number of rotatable bonds is 1. The number of H-pyrrole nitrogens is 1. The van der Waals surface area contributed by atoms with Crippen molar-refractivity contribution in [2.24, 2.45) is 0 Å². The third-order valence-corrected chi connectivity index (χ3v) is 4.91. The molecule has 4 rings (SSSR count). The van der Waals surface area contributed by atoms with Crippen LogP contribution in [0.3, 0.4) is 0 Å². The average Bonchev–Trinajstić information content (AvgIpc) is 2.88. The van der Waals surface area contributed by atoms with Gasteiger partial charge < -0.3 is 10.4 Å². The molecule has 0 spiro atoms. The highest BCUT2D eigenvalue weighted by Crippen LogP contribution is 2.37. The third kappa shape index (κ3) is 1.75. The van der Waals surface area contributed by atoms with Crippen LogP contribution >= 0.6 is 0 Å². The fourth-order valence-electron chi connectivity index (χ4n) is 3.89. The zero-order valence-corrected chi connectivity index (χ0v) is 11.7. The van der Waals surface area contributed by atoms with Gasteiger partial charge in [-0.2, -0.15) is 0 Å². The first-order chi connectivity index (χ1) is 9.84. The van der Waals surface area contributed by atoms with Gasteiger partial charge in [-0.05, 0) is 55.2 Å². The molecule has 2 nitrogen and oxygen atoms in total. The van der Waals surface area contributed by atoms with Crippen molar-refractivity contribution in [3.8, 4) is 0 Å². The standard InChI is InChI=1S/C18H20N2/c19-17-13(12-6-2-1-3-7-12)10-11-15-14-8-4-5-9-16(14)20-18(15)17/h1-3,6-7,13,19-20H,4-5,8-11H2. The van der Waals surface area contributed by atoms with E-state index in [1.54, 1.807) is 5.56 Å². The summed E-state index contributed by atoms with van der Waals surface area (Å²) in [4.78, 5) is 3.58. The van der Waals surface area contributed by atoms with Crippen LogP contribution in [0.25, 0.3) is 0 Å². The molecule has 1 unspecified atom stereocenters. The van der Waals surface area contributed by atoms with E-state index in [1.165, 1.54) is 42.5 Å². The third-order valence-electron chi connectivity index (χ3n) is 4.91. The first-order valence-corrected chi connectivity index (χ1v) is 7.71. The SMILES string of the molecule is N=C1c2[nH]c3c(c2CCC1c1ccccc1)CCCC3. The normalized spacial score (nSPS) is 21.4. The summed E-state index contributed by atoms with van der Waals surface area (Å²) in [5.41, 5.74) is 7.64. The minimum absolute atomic E-state index is 0.267. The van der Waals surface area contributed by atoms with Crippen LogP contribution in [-0.4, -0.2) is 10.7 Å². The van der Waals surface area contributed by atoms with Gasteiger partial charge in [0.25, 0.3) is 0 Å². The van der Waals surface area contributed by atoms with E-state index >= 15 is 0 Å². The van der Waals surface area contributed by atoms with E-state index < -0.39 is 0 Å². The summed E-state index contributed by atoms with van der Waals surface area (Å²) in [5.74, 6) is 0.267. The summed E-state index contributed by atoms with van der Waals surface area (Å²) in [7, 11) is 0. The fourth-order valence-corrected chi connectivity index (χ4v) is 3.89. The predicted octanol–water partition coefficient (Wildman–Crippen LogP) is 3.99. The first kappa shape index (κ1) is 12.0. The highest BCUT2D eigenvalue weighted by Gasteiger charge is 2.30. The Balaban J connectivity index is 1.74. The lowest BCUT2D eigenvalue weighted by Gasteiger charge is -2.24. The molecule has 0 radical (unpaired) electrons. The van der Waals surface area contributed by atoms with E-state index in [2.05, 4.69) is 35.3 Å². The van der Waals surface area contributed by atoms with Crippen LogP contribution in [0.15, 0.2) is 30.3 Å². The summed E-state index contributed by atoms with van der Waals surface area (Å²) >= 11 is 0. The molecule has 1 atom stereocenters. The Morgan fingerprint density at radius 1 is 0.950 bits per heavy atom. The van der Waals surface area contributed by atoms with Gasteiger partial charge in [-0.1, -0.05) is 30.3 Å². The van der Waals surface area contributed by atoms with Crippen molar-refractivity contribution in [3.63, 3.8) is 0 Å². The van der Waals surface area contributed by atoms with Gasteiger partial charge >= 0.3 is 0 Å². The van der Waals surface area contributed by atoms with Crippen LogP contribution < -0.4 is 0 Å². The van der Waals surface area contributed by atoms with Gasteiger partial charge in [-0.25, -0.2) is 0 Å². The molecule has 1 heterocycles. The summed E-state index contributed by atoms with van der Waals surface area (Å²) in [6, 6.07) is 10.5. The van der Waals surface area contributed by atoms with Gasteiger partial charge in [-0.15, -0.1) is 0 Å². The second-order valence-electron chi connectivity index (χ2n) is 6.06. The molecule has 0 amide bonds. The van der Waals surface area contributed by atoms with Gasteiger partial charge in [0.1, 0.15) is 0 Å². The minimum Gasteiger partial charge on any atom is -0.357 e. The molecule has 0 saturated heterocycles. The monoisotopic (exact) mass is 264 g/mol. The van der Waals surface area contributed by atoms with Gasteiger partial charge in [-0.3, -0.25) is 0 Å². The Kier molecular flexibility index (Phi) is 2.76. The Hall–Kier alpha value is -1.83. The topological polar surface area (TPSA) is 39.6 Å². The zero-order chi connectivity index (χ0) is 13.5. The molecule has 0 saturated carbocycles. The number of aryl methyl sites for hydroxylation is 1. The lowest BCUT2D eigenvalue weighted by Crippen LogP contribution is -2.21. The summed E-state index contributed by atoms with van der Waals surface area (Å²) in [6.45, 7) is 0. The maximum atomic E-state index is 8.61. The summed E-state index contributed by atoms with van der Waals surface area (Å²) < 4.78 is 0. The van der Waals surface area contributed by atoms with E-state index in [0.29, 0.717) is 0 Å². The number of hydrogen-bond acceptors (Lipinski definition) is 1. The number of aromatic amines is 1. The molecule has 2 N–H and O–H groups in total. The maximum absolute atomic E-state index is 8.61. The molecule has 2 aromatic rings. The second kappa shape index (κ2) is 4.62. The van der Waals surface area contributed by atoms with Crippen LogP contribution in [0.1, 0.15) is 53.3 Å². The molecule has 102 valence electrons. The van der Waals surface area contributed by atoms with E-state index in [9.17, 15) is 0 Å². The Bertz CT molecular complexity index is 652. The summed E-state index contributed by atoms with van der Waals surface area (Å²) in [6.07, 6.45) is 7.20. The van der Waals surface area contributed by atoms with Crippen LogP contribution in [0, 0.1) is 5.41 Å². The van der Waals surface area contributed by atoms with Crippen molar-refractivity contribution in [1.29, 1.82) is 5.41 Å². The largest absolute Gasteiger partial charge is 0.357 e. The van der Waals surface area contributed by atoms with Crippen LogP contribution in [0.4, 0.5) is 0 Å². The van der Waals surface area contributed by atoms with Gasteiger partial charge in [0.2, 0.25) is 0 Å². The predicted molar refractivity (Wildman–Crippen MR) is 81.8 cm³/mol. The molecular formula is C18H20N2. The van der Waals surface area contributed by atoms with Crippen LogP contribution in [0.5, 0.6) is 0 Å². The number of aromatic nitrogens is 1. The second-order valence-corrected chi connectivity index (χ2v) is 6.06. The van der Waals surface area contributed by atoms with Crippen LogP contribution in [0.2, 0.25) is 0 Å². The maximum Gasteiger partial charge on any atom is 0.0635 e. The molecule has 0 fully saturated rings. The van der Waals surface area contributed by atoms with Gasteiger partial charge in [0.05, 0.1) is 11.4 Å². The molecule has 2 aliphatic carbocycles. The van der Waals surface area contributed by atoms with Crippen molar-refractivity contribution < 1.29 is 0 Å². The van der Waals surface area contributed by atoms with E-state index in [1.807, 2.05) is 0 Å². The highest BCUT2D eigenvalue weighted by molar-refractivity contribution is 6.04. The van der Waals surface area contributed by atoms with E-state index in [0.717, 1.165) is 24.2 Å². The zero-order valence-electron chi connectivity index (χ0n) is 11.7. The molecule has 2 aliphatic rings. The van der Waals surface area contributed by atoms with Crippen molar-refractivity contribution in [3.05, 3.63) is 58.4 Å². The number of nitrogens with one attached hydrogen (secondary N) is 2. The minimum atomic E-state index is 0.267. The number of fused-ring (bicyclic) bond motifs is 3. The quantitative estimate of drug-likeness (QED) is 0.782. The van der Waals surface area contributed by atoms with Crippen molar-refractivity contribution in [2.45, 2.75) is 44.4 Å². The molecule has 1 aromatic carbocycles. The lowest BCUT2D eigenvalue weighted by atomic mass is 9.79. The molecule has 0 bridgehead atoms. The van der Waals surface area contributed by atoms with E-state index in [-0.39, 0.29) is 5.92 Å². The number of benzene rings is 1. The highest BCUT2D eigenvalue weighted by atomic mass is 14.8. The smallest absolute Gasteiger partial charge is 0.0635 e.